The van der Waals surface area contributed by atoms with Crippen molar-refractivity contribution in [3.8, 4) is 11.1 Å². The number of hydrogen-bond donors (Lipinski definition) is 1. The van der Waals surface area contributed by atoms with E-state index < -0.39 is 0 Å². The van der Waals surface area contributed by atoms with Crippen molar-refractivity contribution >= 4 is 27.5 Å². The molecule has 3 aromatic rings. The Balaban J connectivity index is 1.86. The minimum Gasteiger partial charge on any atom is -0.342 e. The van der Waals surface area contributed by atoms with Crippen molar-refractivity contribution in [2.24, 2.45) is 0 Å². The zero-order valence-corrected chi connectivity index (χ0v) is 13.0. The third-order valence-electron chi connectivity index (χ3n) is 4.15. The number of fused-ring (bicyclic) bond motifs is 1. The molecule has 2 aromatic heterocycles. The van der Waals surface area contributed by atoms with Gasteiger partial charge in [0.15, 0.2) is 0 Å². The van der Waals surface area contributed by atoms with Gasteiger partial charge >= 0.3 is 0 Å². The van der Waals surface area contributed by atoms with Gasteiger partial charge in [0.1, 0.15) is 4.70 Å². The second kappa shape index (κ2) is 5.57. The molecule has 0 radical (unpaired) electrons. The van der Waals surface area contributed by atoms with E-state index >= 15 is 0 Å². The molecule has 0 amide bonds. The maximum Gasteiger partial charge on any atom is 0.270 e. The minimum atomic E-state index is -0.0299. The summed E-state index contributed by atoms with van der Waals surface area (Å²) in [7, 11) is 0. The molecular formula is C17H17N3OS. The fourth-order valence-corrected chi connectivity index (χ4v) is 3.90. The van der Waals surface area contributed by atoms with Crippen LogP contribution in [0.2, 0.25) is 0 Å². The second-order valence-corrected chi connectivity index (χ2v) is 6.51. The number of aromatic amines is 1. The summed E-state index contributed by atoms with van der Waals surface area (Å²) in [6.07, 6.45) is 3.59. The monoisotopic (exact) mass is 311 g/mol. The number of hydrogen-bond acceptors (Lipinski definition) is 4. The van der Waals surface area contributed by atoms with Gasteiger partial charge in [0.2, 0.25) is 5.95 Å². The van der Waals surface area contributed by atoms with Gasteiger partial charge in [-0.2, -0.15) is 0 Å². The maximum absolute atomic E-state index is 12.4. The lowest BCUT2D eigenvalue weighted by molar-refractivity contribution is 0.568. The second-order valence-electron chi connectivity index (χ2n) is 5.63. The first kappa shape index (κ1) is 13.5. The van der Waals surface area contributed by atoms with Crippen LogP contribution < -0.4 is 10.5 Å². The summed E-state index contributed by atoms with van der Waals surface area (Å²) in [5.74, 6) is 0.716. The van der Waals surface area contributed by atoms with Gasteiger partial charge in [-0.1, -0.05) is 30.3 Å². The number of piperidine rings is 1. The van der Waals surface area contributed by atoms with E-state index in [1.165, 1.54) is 17.8 Å². The highest BCUT2D eigenvalue weighted by atomic mass is 32.1. The summed E-state index contributed by atoms with van der Waals surface area (Å²) in [6.45, 7) is 1.94. The van der Waals surface area contributed by atoms with Gasteiger partial charge < -0.3 is 4.90 Å². The van der Waals surface area contributed by atoms with E-state index in [1.54, 1.807) is 0 Å². The molecule has 0 aliphatic carbocycles. The molecule has 22 heavy (non-hydrogen) atoms. The lowest BCUT2D eigenvalue weighted by atomic mass is 10.1. The summed E-state index contributed by atoms with van der Waals surface area (Å²) in [6, 6.07) is 10.1. The average molecular weight is 311 g/mol. The average Bonchev–Trinajstić information content (AvgIpc) is 3.01. The Kier molecular flexibility index (Phi) is 3.42. The SMILES string of the molecule is O=c1[nH]c(N2CCCCC2)nc2c(-c3ccccc3)csc12. The van der Waals surface area contributed by atoms with E-state index in [9.17, 15) is 4.79 Å². The Hall–Kier alpha value is -2.14. The van der Waals surface area contributed by atoms with Crippen LogP contribution in [0.4, 0.5) is 5.95 Å². The van der Waals surface area contributed by atoms with Crippen molar-refractivity contribution in [1.29, 1.82) is 0 Å². The molecule has 0 saturated carbocycles. The number of anilines is 1. The molecule has 1 aliphatic rings. The minimum absolute atomic E-state index is 0.0299. The van der Waals surface area contributed by atoms with Crippen LogP contribution in [0.5, 0.6) is 0 Å². The standard InChI is InChI=1S/C17H17N3OS/c21-16-15-14(13(11-22-15)12-7-3-1-4-8-12)18-17(19-16)20-9-5-2-6-10-20/h1,3-4,7-8,11H,2,5-6,9-10H2,(H,18,19,21). The first-order valence-electron chi connectivity index (χ1n) is 7.65. The normalized spacial score (nSPS) is 15.4. The van der Waals surface area contributed by atoms with Crippen LogP contribution in [0.15, 0.2) is 40.5 Å². The molecule has 1 aromatic carbocycles. The molecule has 1 fully saturated rings. The topological polar surface area (TPSA) is 49.0 Å². The van der Waals surface area contributed by atoms with Gasteiger partial charge in [-0.15, -0.1) is 11.3 Å². The fraction of sp³-hybridized carbons (Fsp3) is 0.294. The summed E-state index contributed by atoms with van der Waals surface area (Å²) in [4.78, 5) is 22.3. The predicted molar refractivity (Wildman–Crippen MR) is 91.7 cm³/mol. The van der Waals surface area contributed by atoms with Crippen molar-refractivity contribution in [2.75, 3.05) is 18.0 Å². The molecule has 112 valence electrons. The molecule has 0 bridgehead atoms. The van der Waals surface area contributed by atoms with E-state index in [-0.39, 0.29) is 5.56 Å². The zero-order valence-electron chi connectivity index (χ0n) is 12.2. The molecule has 0 atom stereocenters. The summed E-state index contributed by atoms with van der Waals surface area (Å²) in [5.41, 5.74) is 2.94. The highest BCUT2D eigenvalue weighted by Crippen LogP contribution is 2.31. The summed E-state index contributed by atoms with van der Waals surface area (Å²) in [5, 5.41) is 2.03. The number of thiophene rings is 1. The lowest BCUT2D eigenvalue weighted by Crippen LogP contribution is -2.32. The Bertz CT molecular complexity index is 847. The van der Waals surface area contributed by atoms with Gasteiger partial charge in [0.05, 0.1) is 5.52 Å². The van der Waals surface area contributed by atoms with Crippen LogP contribution in [-0.2, 0) is 0 Å². The Morgan fingerprint density at radius 1 is 1.09 bits per heavy atom. The fourth-order valence-electron chi connectivity index (χ4n) is 2.99. The molecule has 5 heteroatoms. The third kappa shape index (κ3) is 2.31. The van der Waals surface area contributed by atoms with Crippen molar-refractivity contribution < 1.29 is 0 Å². The van der Waals surface area contributed by atoms with E-state index in [2.05, 4.69) is 22.0 Å². The number of nitrogens with zero attached hydrogens (tertiary/aromatic N) is 2. The van der Waals surface area contributed by atoms with E-state index in [0.717, 1.165) is 42.6 Å². The van der Waals surface area contributed by atoms with Gasteiger partial charge in [-0.25, -0.2) is 4.98 Å². The molecular weight excluding hydrogens is 294 g/mol. The molecule has 1 saturated heterocycles. The zero-order chi connectivity index (χ0) is 14.9. The Labute approximate surface area is 132 Å². The van der Waals surface area contributed by atoms with Crippen LogP contribution >= 0.6 is 11.3 Å². The summed E-state index contributed by atoms with van der Waals surface area (Å²) >= 11 is 1.47. The highest BCUT2D eigenvalue weighted by Gasteiger charge is 2.17. The Morgan fingerprint density at radius 2 is 1.86 bits per heavy atom. The smallest absolute Gasteiger partial charge is 0.270 e. The first-order valence-corrected chi connectivity index (χ1v) is 8.53. The maximum atomic E-state index is 12.4. The van der Waals surface area contributed by atoms with Gasteiger partial charge in [-0.05, 0) is 24.8 Å². The van der Waals surface area contributed by atoms with Gasteiger partial charge in [0, 0.05) is 24.0 Å². The van der Waals surface area contributed by atoms with Crippen LogP contribution in [0, 0.1) is 0 Å². The van der Waals surface area contributed by atoms with E-state index in [1.807, 2.05) is 23.6 Å². The third-order valence-corrected chi connectivity index (χ3v) is 5.12. The number of H-pyrrole nitrogens is 1. The quantitative estimate of drug-likeness (QED) is 0.786. The van der Waals surface area contributed by atoms with Crippen LogP contribution in [0.1, 0.15) is 19.3 Å². The van der Waals surface area contributed by atoms with Gasteiger partial charge in [-0.3, -0.25) is 9.78 Å². The predicted octanol–water partition coefficient (Wildman–Crippen LogP) is 3.64. The van der Waals surface area contributed by atoms with Crippen molar-refractivity contribution in [1.82, 2.24) is 9.97 Å². The molecule has 4 rings (SSSR count). The molecule has 0 unspecified atom stereocenters. The lowest BCUT2D eigenvalue weighted by Gasteiger charge is -2.26. The van der Waals surface area contributed by atoms with E-state index in [4.69, 9.17) is 4.98 Å². The number of rotatable bonds is 2. The van der Waals surface area contributed by atoms with Crippen LogP contribution in [0.3, 0.4) is 0 Å². The van der Waals surface area contributed by atoms with Crippen LogP contribution in [-0.4, -0.2) is 23.1 Å². The van der Waals surface area contributed by atoms with Crippen molar-refractivity contribution in [2.45, 2.75) is 19.3 Å². The van der Waals surface area contributed by atoms with Gasteiger partial charge in [0.25, 0.3) is 5.56 Å². The molecule has 4 nitrogen and oxygen atoms in total. The molecule has 3 heterocycles. The number of benzene rings is 1. The molecule has 1 aliphatic heterocycles. The van der Waals surface area contributed by atoms with Crippen LogP contribution in [0.25, 0.3) is 21.3 Å². The van der Waals surface area contributed by atoms with Crippen molar-refractivity contribution in [3.05, 3.63) is 46.1 Å². The Morgan fingerprint density at radius 3 is 2.64 bits per heavy atom. The summed E-state index contributed by atoms with van der Waals surface area (Å²) < 4.78 is 0.708. The number of nitrogens with one attached hydrogen (secondary N) is 1. The van der Waals surface area contributed by atoms with Crippen molar-refractivity contribution in [3.63, 3.8) is 0 Å². The van der Waals surface area contributed by atoms with E-state index in [0.29, 0.717) is 10.6 Å². The molecule has 0 spiro atoms. The highest BCUT2D eigenvalue weighted by molar-refractivity contribution is 7.17. The largest absolute Gasteiger partial charge is 0.342 e. The molecule has 1 N–H and O–H groups in total. The first-order chi connectivity index (χ1) is 10.8. The number of aromatic nitrogens is 2.